The van der Waals surface area contributed by atoms with Crippen LogP contribution in [-0.2, 0) is 9.59 Å². The van der Waals surface area contributed by atoms with Crippen LogP contribution >= 0.6 is 0 Å². The summed E-state index contributed by atoms with van der Waals surface area (Å²) in [7, 11) is 3.93. The molecule has 202 valence electrons. The maximum atomic E-state index is 13.1. The quantitative estimate of drug-likeness (QED) is 0.452. The number of likely N-dealkylation sites (tertiary alicyclic amines) is 1. The van der Waals surface area contributed by atoms with Crippen LogP contribution in [-0.4, -0.2) is 68.2 Å². The Morgan fingerprint density at radius 3 is 2.82 bits per heavy atom. The first kappa shape index (κ1) is 26.3. The lowest BCUT2D eigenvalue weighted by atomic mass is 9.80. The van der Waals surface area contributed by atoms with Gasteiger partial charge in [-0.05, 0) is 58.0 Å². The van der Waals surface area contributed by atoms with Gasteiger partial charge in [0.1, 0.15) is 23.0 Å². The van der Waals surface area contributed by atoms with Crippen LogP contribution in [0.25, 0.3) is 11.1 Å². The molecule has 0 spiro atoms. The molecule has 1 aliphatic carbocycles. The first-order chi connectivity index (χ1) is 18.8. The number of rotatable bonds is 7. The standard InChI is InChI=1S/C29H34N8O2/c1-29(28(39)33-22-9-4-5-15-31-22)13-11-20(12-14-29)24-25-26(30)32-16-19-37(25)27(34-24)21-8-6-18-36(21)23(38)10-7-17-35(2)3/h4-5,7,9-13,15-16,19,21H,6,8,14,17-18H2,1-3H3,(H2,30,32)(H,31,33,39)/b10-7+/t21-,29?/m0/s1. The van der Waals surface area contributed by atoms with Crippen LogP contribution in [0.15, 0.2) is 67.2 Å². The van der Waals surface area contributed by atoms with Crippen molar-refractivity contribution in [1.29, 1.82) is 0 Å². The summed E-state index contributed by atoms with van der Waals surface area (Å²) < 4.78 is 1.95. The maximum absolute atomic E-state index is 13.1. The Labute approximate surface area is 227 Å². The predicted molar refractivity (Wildman–Crippen MR) is 151 cm³/mol. The number of pyridine rings is 1. The van der Waals surface area contributed by atoms with Gasteiger partial charge in [0.25, 0.3) is 0 Å². The van der Waals surface area contributed by atoms with Crippen molar-refractivity contribution in [3.63, 3.8) is 0 Å². The fraction of sp³-hybridized carbons (Fsp3) is 0.345. The minimum atomic E-state index is -0.739. The number of hydrogen-bond acceptors (Lipinski definition) is 7. The number of nitrogens with zero attached hydrogens (tertiary/aromatic N) is 6. The van der Waals surface area contributed by atoms with Crippen LogP contribution in [0.4, 0.5) is 11.6 Å². The number of carbonyl (C=O) groups excluding carboxylic acids is 2. The van der Waals surface area contributed by atoms with Crippen molar-refractivity contribution in [2.24, 2.45) is 5.41 Å². The molecular weight excluding hydrogens is 492 g/mol. The molecule has 5 rings (SSSR count). The average Bonchev–Trinajstić information content (AvgIpc) is 3.55. The van der Waals surface area contributed by atoms with E-state index in [0.29, 0.717) is 42.4 Å². The van der Waals surface area contributed by atoms with Crippen LogP contribution in [0, 0.1) is 5.41 Å². The van der Waals surface area contributed by atoms with Crippen molar-refractivity contribution >= 4 is 34.5 Å². The van der Waals surface area contributed by atoms with Crippen molar-refractivity contribution in [2.75, 3.05) is 38.2 Å². The molecule has 10 heteroatoms. The van der Waals surface area contributed by atoms with Crippen LogP contribution < -0.4 is 11.1 Å². The highest BCUT2D eigenvalue weighted by Crippen LogP contribution is 2.38. The van der Waals surface area contributed by atoms with Crippen molar-refractivity contribution in [1.82, 2.24) is 29.2 Å². The number of carbonyl (C=O) groups is 2. The van der Waals surface area contributed by atoms with E-state index in [9.17, 15) is 9.59 Å². The van der Waals surface area contributed by atoms with Crippen molar-refractivity contribution < 1.29 is 9.59 Å². The summed E-state index contributed by atoms with van der Waals surface area (Å²) in [4.78, 5) is 43.6. The Hall–Kier alpha value is -4.31. The largest absolute Gasteiger partial charge is 0.382 e. The van der Waals surface area contributed by atoms with E-state index in [4.69, 9.17) is 10.7 Å². The topological polar surface area (TPSA) is 122 Å². The average molecular weight is 527 g/mol. The number of aromatic nitrogens is 4. The number of anilines is 2. The SMILES string of the molecule is CN(C)C/C=C/C(=O)N1CCC[C@H]1c1nc(C2=CCC(C)(C(=O)Nc3ccccn3)C=C2)c2c(N)nccn12. The molecule has 3 aromatic heterocycles. The molecule has 0 radical (unpaired) electrons. The molecule has 2 atom stereocenters. The number of amides is 2. The fourth-order valence-electron chi connectivity index (χ4n) is 5.05. The van der Waals surface area contributed by atoms with E-state index in [2.05, 4.69) is 15.3 Å². The highest BCUT2D eigenvalue weighted by Gasteiger charge is 2.35. The van der Waals surface area contributed by atoms with Gasteiger partial charge in [-0.25, -0.2) is 15.0 Å². The van der Waals surface area contributed by atoms with Gasteiger partial charge in [-0.1, -0.05) is 30.4 Å². The summed E-state index contributed by atoms with van der Waals surface area (Å²) in [5, 5.41) is 2.90. The molecular formula is C29H34N8O2. The Morgan fingerprint density at radius 1 is 1.26 bits per heavy atom. The lowest BCUT2D eigenvalue weighted by molar-refractivity contribution is -0.127. The Kier molecular flexibility index (Phi) is 7.30. The zero-order chi connectivity index (χ0) is 27.6. The summed E-state index contributed by atoms with van der Waals surface area (Å²) in [5.41, 5.74) is 7.88. The number of imidazole rings is 1. The molecule has 0 saturated carbocycles. The van der Waals surface area contributed by atoms with E-state index < -0.39 is 5.41 Å². The number of likely N-dealkylation sites (N-methyl/N-ethyl adjacent to an activating group) is 1. The Morgan fingerprint density at radius 2 is 2.10 bits per heavy atom. The van der Waals surface area contributed by atoms with Gasteiger partial charge in [-0.3, -0.25) is 14.0 Å². The highest BCUT2D eigenvalue weighted by atomic mass is 16.2. The summed E-state index contributed by atoms with van der Waals surface area (Å²) >= 11 is 0. The second-order valence-electron chi connectivity index (χ2n) is 10.5. The van der Waals surface area contributed by atoms with Crippen molar-refractivity contribution in [3.8, 4) is 0 Å². The zero-order valence-corrected chi connectivity index (χ0v) is 22.5. The van der Waals surface area contributed by atoms with E-state index in [-0.39, 0.29) is 17.9 Å². The molecule has 1 fully saturated rings. The minimum absolute atomic E-state index is 0.0221. The Balaban J connectivity index is 1.43. The molecule has 4 heterocycles. The summed E-state index contributed by atoms with van der Waals surface area (Å²) in [6.07, 6.45) is 16.7. The van der Waals surface area contributed by atoms with Crippen LogP contribution in [0.2, 0.25) is 0 Å². The summed E-state index contributed by atoms with van der Waals surface area (Å²) in [6.45, 7) is 3.27. The van der Waals surface area contributed by atoms with Gasteiger partial charge in [-0.2, -0.15) is 0 Å². The number of nitrogens with two attached hydrogens (primary N) is 1. The van der Waals surface area contributed by atoms with Crippen molar-refractivity contribution in [3.05, 3.63) is 78.7 Å². The van der Waals surface area contributed by atoms with Gasteiger partial charge < -0.3 is 20.9 Å². The first-order valence-corrected chi connectivity index (χ1v) is 13.1. The van der Waals surface area contributed by atoms with Crippen molar-refractivity contribution in [2.45, 2.75) is 32.2 Å². The van der Waals surface area contributed by atoms with Gasteiger partial charge in [-0.15, -0.1) is 0 Å². The third kappa shape index (κ3) is 5.33. The van der Waals surface area contributed by atoms with Crippen LogP contribution in [0.3, 0.4) is 0 Å². The van der Waals surface area contributed by atoms with Gasteiger partial charge in [0.2, 0.25) is 11.8 Å². The maximum Gasteiger partial charge on any atom is 0.246 e. The molecule has 1 saturated heterocycles. The lowest BCUT2D eigenvalue weighted by Crippen LogP contribution is -2.32. The molecule has 0 aromatic carbocycles. The Bertz CT molecular complexity index is 1470. The molecule has 2 aliphatic rings. The van der Waals surface area contributed by atoms with Crippen LogP contribution in [0.1, 0.15) is 43.7 Å². The third-order valence-corrected chi connectivity index (χ3v) is 7.25. The smallest absolute Gasteiger partial charge is 0.246 e. The fourth-order valence-corrected chi connectivity index (χ4v) is 5.05. The summed E-state index contributed by atoms with van der Waals surface area (Å²) in [5.74, 6) is 1.49. The normalized spacial score (nSPS) is 21.2. The third-order valence-electron chi connectivity index (χ3n) is 7.25. The number of hydrogen-bond donors (Lipinski definition) is 2. The van der Waals surface area contributed by atoms with E-state index >= 15 is 0 Å². The van der Waals surface area contributed by atoms with Gasteiger partial charge in [0.15, 0.2) is 0 Å². The van der Waals surface area contributed by atoms with Crippen LogP contribution in [0.5, 0.6) is 0 Å². The molecule has 0 bridgehead atoms. The van der Waals surface area contributed by atoms with E-state index in [1.54, 1.807) is 30.6 Å². The minimum Gasteiger partial charge on any atom is -0.382 e. The number of allylic oxidation sites excluding steroid dienone is 3. The molecule has 39 heavy (non-hydrogen) atoms. The second kappa shape index (κ2) is 10.8. The first-order valence-electron chi connectivity index (χ1n) is 13.1. The molecule has 1 unspecified atom stereocenters. The second-order valence-corrected chi connectivity index (χ2v) is 10.5. The molecule has 2 amide bonds. The zero-order valence-electron chi connectivity index (χ0n) is 22.5. The monoisotopic (exact) mass is 526 g/mol. The van der Waals surface area contributed by atoms with E-state index in [0.717, 1.165) is 24.2 Å². The van der Waals surface area contributed by atoms with E-state index in [1.807, 2.05) is 71.8 Å². The molecule has 3 N–H and O–H groups in total. The highest BCUT2D eigenvalue weighted by molar-refractivity contribution is 5.98. The number of nitrogen functional groups attached to an aromatic ring is 1. The van der Waals surface area contributed by atoms with E-state index in [1.165, 1.54) is 0 Å². The summed E-state index contributed by atoms with van der Waals surface area (Å²) in [6, 6.07) is 5.23. The lowest BCUT2D eigenvalue weighted by Gasteiger charge is -2.26. The molecule has 10 nitrogen and oxygen atoms in total. The van der Waals surface area contributed by atoms with Gasteiger partial charge >= 0.3 is 0 Å². The number of nitrogens with one attached hydrogen (secondary N) is 1. The predicted octanol–water partition coefficient (Wildman–Crippen LogP) is 3.48. The molecule has 1 aliphatic heterocycles. The number of fused-ring (bicyclic) bond motifs is 1. The van der Waals surface area contributed by atoms with Gasteiger partial charge in [0.05, 0.1) is 17.2 Å². The molecule has 3 aromatic rings. The van der Waals surface area contributed by atoms with Gasteiger partial charge in [0, 0.05) is 37.8 Å².